The van der Waals surface area contributed by atoms with Crippen LogP contribution in [0, 0.1) is 11.3 Å². The van der Waals surface area contributed by atoms with Crippen molar-refractivity contribution in [3.05, 3.63) is 0 Å². The van der Waals surface area contributed by atoms with Crippen molar-refractivity contribution in [2.45, 2.75) is 57.8 Å². The molecular formula is C13H20N2O. The Balaban J connectivity index is 1.49. The highest BCUT2D eigenvalue weighted by Gasteiger charge is 2.60. The van der Waals surface area contributed by atoms with Gasteiger partial charge >= 0.3 is 0 Å². The van der Waals surface area contributed by atoms with Crippen LogP contribution >= 0.6 is 0 Å². The third-order valence-electron chi connectivity index (χ3n) is 4.61. The number of hydrogen-bond acceptors (Lipinski definition) is 2. The maximum atomic E-state index is 11.8. The molecule has 0 aromatic carbocycles. The van der Waals surface area contributed by atoms with Crippen molar-refractivity contribution in [3.63, 3.8) is 0 Å². The molecule has 1 atom stereocenters. The number of nitrogens with zero attached hydrogens (tertiary/aromatic N) is 1. The maximum absolute atomic E-state index is 11.8. The van der Waals surface area contributed by atoms with E-state index in [1.54, 1.807) is 0 Å². The molecule has 3 fully saturated rings. The zero-order chi connectivity index (χ0) is 11.0. The van der Waals surface area contributed by atoms with E-state index < -0.39 is 0 Å². The molecule has 3 nitrogen and oxygen atoms in total. The maximum Gasteiger partial charge on any atom is 0.243 e. The van der Waals surface area contributed by atoms with Crippen molar-refractivity contribution in [2.75, 3.05) is 0 Å². The lowest BCUT2D eigenvalue weighted by Crippen LogP contribution is -2.27. The van der Waals surface area contributed by atoms with Crippen LogP contribution in [0.1, 0.15) is 57.8 Å². The molecule has 1 N–H and O–H groups in total. The summed E-state index contributed by atoms with van der Waals surface area (Å²) in [6.45, 7) is 0. The molecule has 0 bridgehead atoms. The Labute approximate surface area is 96.7 Å². The minimum atomic E-state index is 0.178. The Bertz CT molecular complexity index is 323. The summed E-state index contributed by atoms with van der Waals surface area (Å²) in [6.07, 6.45) is 10.9. The molecule has 88 valence electrons. The van der Waals surface area contributed by atoms with Crippen LogP contribution in [0.2, 0.25) is 0 Å². The SMILES string of the molecule is O=C(NN=C1CCCCC1)[C@H]1CC12CCC2. The van der Waals surface area contributed by atoms with Gasteiger partial charge in [0.05, 0.1) is 0 Å². The highest BCUT2D eigenvalue weighted by Crippen LogP contribution is 2.65. The third-order valence-corrected chi connectivity index (χ3v) is 4.61. The number of carbonyl (C=O) groups is 1. The number of hydrazone groups is 1. The van der Waals surface area contributed by atoms with Crippen LogP contribution < -0.4 is 5.43 Å². The molecule has 0 radical (unpaired) electrons. The summed E-state index contributed by atoms with van der Waals surface area (Å²) >= 11 is 0. The summed E-state index contributed by atoms with van der Waals surface area (Å²) in [4.78, 5) is 11.8. The first-order valence-electron chi connectivity index (χ1n) is 6.65. The molecule has 0 unspecified atom stereocenters. The fourth-order valence-corrected chi connectivity index (χ4v) is 3.19. The number of nitrogens with one attached hydrogen (secondary N) is 1. The van der Waals surface area contributed by atoms with Gasteiger partial charge in [-0.15, -0.1) is 0 Å². The molecule has 0 aromatic rings. The molecule has 3 rings (SSSR count). The number of amides is 1. The predicted molar refractivity (Wildman–Crippen MR) is 63.1 cm³/mol. The topological polar surface area (TPSA) is 41.5 Å². The quantitative estimate of drug-likeness (QED) is 0.714. The molecule has 16 heavy (non-hydrogen) atoms. The van der Waals surface area contributed by atoms with Crippen LogP contribution in [0.25, 0.3) is 0 Å². The Hall–Kier alpha value is -0.860. The molecule has 3 saturated carbocycles. The largest absolute Gasteiger partial charge is 0.273 e. The summed E-state index contributed by atoms with van der Waals surface area (Å²) in [7, 11) is 0. The second kappa shape index (κ2) is 3.86. The van der Waals surface area contributed by atoms with Crippen LogP contribution in [-0.2, 0) is 4.79 Å². The van der Waals surface area contributed by atoms with Crippen molar-refractivity contribution in [2.24, 2.45) is 16.4 Å². The van der Waals surface area contributed by atoms with E-state index in [-0.39, 0.29) is 11.8 Å². The van der Waals surface area contributed by atoms with E-state index in [4.69, 9.17) is 0 Å². The van der Waals surface area contributed by atoms with Gasteiger partial charge in [0.15, 0.2) is 0 Å². The molecule has 3 heteroatoms. The Morgan fingerprint density at radius 1 is 1.19 bits per heavy atom. The lowest BCUT2D eigenvalue weighted by molar-refractivity contribution is -0.123. The first-order chi connectivity index (χ1) is 7.80. The lowest BCUT2D eigenvalue weighted by atomic mass is 9.80. The van der Waals surface area contributed by atoms with E-state index in [1.807, 2.05) is 0 Å². The van der Waals surface area contributed by atoms with Gasteiger partial charge in [-0.1, -0.05) is 12.8 Å². The van der Waals surface area contributed by atoms with Gasteiger partial charge in [-0.2, -0.15) is 5.10 Å². The molecule has 1 spiro atoms. The Kier molecular flexibility index (Phi) is 2.49. The summed E-state index contributed by atoms with van der Waals surface area (Å²) in [5.41, 5.74) is 4.41. The molecule has 0 saturated heterocycles. The standard InChI is InChI=1S/C13H20N2O/c16-12(11-9-13(11)7-4-8-13)15-14-10-5-2-1-3-6-10/h11H,1-9H2,(H,15,16)/t11-/m1/s1. The van der Waals surface area contributed by atoms with E-state index in [9.17, 15) is 4.79 Å². The van der Waals surface area contributed by atoms with Gasteiger partial charge in [-0.3, -0.25) is 4.79 Å². The van der Waals surface area contributed by atoms with Crippen LogP contribution in [0.4, 0.5) is 0 Å². The first kappa shape index (κ1) is 10.3. The smallest absolute Gasteiger partial charge is 0.243 e. The molecular weight excluding hydrogens is 200 g/mol. The summed E-state index contributed by atoms with van der Waals surface area (Å²) in [5.74, 6) is 0.465. The van der Waals surface area contributed by atoms with E-state index in [2.05, 4.69) is 10.5 Å². The highest BCUT2D eigenvalue weighted by atomic mass is 16.2. The van der Waals surface area contributed by atoms with Crippen molar-refractivity contribution < 1.29 is 4.79 Å². The van der Waals surface area contributed by atoms with Crippen molar-refractivity contribution in [1.82, 2.24) is 5.43 Å². The van der Waals surface area contributed by atoms with Crippen LogP contribution in [0.15, 0.2) is 5.10 Å². The van der Waals surface area contributed by atoms with Crippen molar-refractivity contribution >= 4 is 11.6 Å². The normalized spacial score (nSPS) is 30.8. The zero-order valence-electron chi connectivity index (χ0n) is 9.80. The van der Waals surface area contributed by atoms with Gasteiger partial charge in [0.25, 0.3) is 0 Å². The number of hydrogen-bond donors (Lipinski definition) is 1. The van der Waals surface area contributed by atoms with Gasteiger partial charge in [0, 0.05) is 11.6 Å². The predicted octanol–water partition coefficient (Wildman–Crippen LogP) is 2.61. The summed E-state index contributed by atoms with van der Waals surface area (Å²) in [6, 6.07) is 0. The fraction of sp³-hybridized carbons (Fsp3) is 0.846. The average Bonchev–Trinajstić information content (AvgIpc) is 3.02. The van der Waals surface area contributed by atoms with Crippen LogP contribution in [-0.4, -0.2) is 11.6 Å². The van der Waals surface area contributed by atoms with Crippen molar-refractivity contribution in [3.8, 4) is 0 Å². The summed E-state index contributed by atoms with van der Waals surface area (Å²) in [5, 5.41) is 4.29. The Morgan fingerprint density at radius 2 is 1.94 bits per heavy atom. The number of carbonyl (C=O) groups excluding carboxylic acids is 1. The highest BCUT2D eigenvalue weighted by molar-refractivity contribution is 5.88. The molecule has 3 aliphatic carbocycles. The van der Waals surface area contributed by atoms with Gasteiger partial charge in [0.2, 0.25) is 5.91 Å². The van der Waals surface area contributed by atoms with Crippen LogP contribution in [0.5, 0.6) is 0 Å². The van der Waals surface area contributed by atoms with E-state index in [1.165, 1.54) is 44.2 Å². The second-order valence-corrected chi connectivity index (χ2v) is 5.69. The molecule has 0 heterocycles. The Morgan fingerprint density at radius 3 is 2.50 bits per heavy atom. The second-order valence-electron chi connectivity index (χ2n) is 5.69. The van der Waals surface area contributed by atoms with E-state index in [0.29, 0.717) is 5.41 Å². The summed E-state index contributed by atoms with van der Waals surface area (Å²) < 4.78 is 0. The monoisotopic (exact) mass is 220 g/mol. The van der Waals surface area contributed by atoms with Crippen LogP contribution in [0.3, 0.4) is 0 Å². The average molecular weight is 220 g/mol. The minimum Gasteiger partial charge on any atom is -0.273 e. The first-order valence-corrected chi connectivity index (χ1v) is 6.65. The zero-order valence-corrected chi connectivity index (χ0v) is 9.80. The van der Waals surface area contributed by atoms with Gasteiger partial charge in [0.1, 0.15) is 0 Å². The third kappa shape index (κ3) is 1.76. The van der Waals surface area contributed by atoms with E-state index in [0.717, 1.165) is 19.3 Å². The van der Waals surface area contributed by atoms with Crippen molar-refractivity contribution in [1.29, 1.82) is 0 Å². The minimum absolute atomic E-state index is 0.178. The molecule has 0 aromatic heterocycles. The molecule has 3 aliphatic rings. The van der Waals surface area contributed by atoms with Gasteiger partial charge in [-0.25, -0.2) is 5.43 Å². The lowest BCUT2D eigenvalue weighted by Gasteiger charge is -2.26. The van der Waals surface area contributed by atoms with Gasteiger partial charge in [-0.05, 0) is 50.4 Å². The molecule has 1 amide bonds. The fourth-order valence-electron chi connectivity index (χ4n) is 3.19. The van der Waals surface area contributed by atoms with Gasteiger partial charge < -0.3 is 0 Å². The van der Waals surface area contributed by atoms with E-state index >= 15 is 0 Å². The number of rotatable bonds is 2. The molecule has 0 aliphatic heterocycles.